The Balaban J connectivity index is 0.00000400. The number of carbonyl (C=O) groups excluding carboxylic acids is 2. The molecule has 6 rings (SSSR count). The lowest BCUT2D eigenvalue weighted by atomic mass is 9.91. The number of ether oxygens (including phenoxy) is 1. The van der Waals surface area contributed by atoms with Crippen LogP contribution < -0.4 is 0 Å². The molecular formula is C34H45ClN6O4. The molecule has 0 saturated carbocycles. The topological polar surface area (TPSA) is 104 Å². The quantitative estimate of drug-likeness (QED) is 0.442. The molecule has 0 spiro atoms. The molecule has 3 aromatic rings. The van der Waals surface area contributed by atoms with Crippen molar-refractivity contribution in [2.24, 2.45) is 0 Å². The highest BCUT2D eigenvalue weighted by Crippen LogP contribution is 2.38. The fourth-order valence-corrected chi connectivity index (χ4v) is 7.10. The van der Waals surface area contributed by atoms with Gasteiger partial charge in [-0.3, -0.25) is 19.6 Å². The smallest absolute Gasteiger partial charge is 0.411 e. The molecule has 1 unspecified atom stereocenters. The third-order valence-corrected chi connectivity index (χ3v) is 9.08. The predicted molar refractivity (Wildman–Crippen MR) is 173 cm³/mol. The molecule has 1 aromatic carbocycles. The number of nitrogens with zero attached hydrogens (tertiary/aromatic N) is 6. The van der Waals surface area contributed by atoms with E-state index in [4.69, 9.17) is 21.3 Å². The van der Waals surface area contributed by atoms with Crippen LogP contribution in [0.25, 0.3) is 0 Å². The lowest BCUT2D eigenvalue weighted by Gasteiger charge is -2.47. The van der Waals surface area contributed by atoms with E-state index in [0.717, 1.165) is 24.1 Å². The number of amides is 2. The van der Waals surface area contributed by atoms with Crippen LogP contribution >= 0.6 is 11.6 Å². The number of carbonyl (C=O) groups is 2. The van der Waals surface area contributed by atoms with Gasteiger partial charge in [-0.2, -0.15) is 0 Å². The number of likely N-dealkylation sites (tertiary alicyclic amines) is 1. The average molecular weight is 637 g/mol. The lowest BCUT2D eigenvalue weighted by Crippen LogP contribution is -2.64. The van der Waals surface area contributed by atoms with Crippen molar-refractivity contribution in [3.8, 4) is 0 Å². The monoisotopic (exact) mass is 636 g/mol. The van der Waals surface area contributed by atoms with E-state index in [1.165, 1.54) is 11.1 Å². The number of halogens is 1. The molecule has 11 heteroatoms. The Morgan fingerprint density at radius 3 is 2.67 bits per heavy atom. The van der Waals surface area contributed by atoms with Gasteiger partial charge in [0.1, 0.15) is 17.2 Å². The second-order valence-corrected chi connectivity index (χ2v) is 13.7. The molecule has 2 amide bonds. The van der Waals surface area contributed by atoms with Crippen molar-refractivity contribution < 1.29 is 19.4 Å². The van der Waals surface area contributed by atoms with Crippen LogP contribution in [-0.4, -0.2) is 96.3 Å². The maximum absolute atomic E-state index is 14.4. The minimum atomic E-state index is -1.10. The molecule has 1 aliphatic carbocycles. The van der Waals surface area contributed by atoms with Crippen LogP contribution in [0.3, 0.4) is 0 Å². The number of piperidine rings is 1. The van der Waals surface area contributed by atoms with Crippen molar-refractivity contribution in [2.45, 2.75) is 83.7 Å². The van der Waals surface area contributed by atoms with Gasteiger partial charge >= 0.3 is 6.09 Å². The summed E-state index contributed by atoms with van der Waals surface area (Å²) in [7, 11) is 0. The number of piperazine rings is 1. The molecule has 0 radical (unpaired) electrons. The number of aliphatic hydroxyl groups is 1. The minimum absolute atomic E-state index is 0. The van der Waals surface area contributed by atoms with E-state index < -0.39 is 23.3 Å². The van der Waals surface area contributed by atoms with E-state index in [-0.39, 0.29) is 25.9 Å². The Kier molecular flexibility index (Phi) is 9.58. The van der Waals surface area contributed by atoms with E-state index >= 15 is 0 Å². The molecule has 2 aliphatic heterocycles. The van der Waals surface area contributed by atoms with Crippen LogP contribution in [0.1, 0.15) is 69.5 Å². The Labute approximate surface area is 271 Å². The van der Waals surface area contributed by atoms with Crippen LogP contribution in [0.15, 0.2) is 55.2 Å². The SMILES string of the molecule is C.CC(C)(C)OC(=O)N1CCN([C@@H]2c3ccc(Cl)cc3CCc3cccnc32)C[C@@H]1C(=O)N1CCCC(O)(Cn2ccnc2)C1. The highest BCUT2D eigenvalue weighted by molar-refractivity contribution is 6.30. The largest absolute Gasteiger partial charge is 0.444 e. The molecule has 3 atom stereocenters. The summed E-state index contributed by atoms with van der Waals surface area (Å²) in [5, 5.41) is 12.2. The maximum atomic E-state index is 14.4. The first-order valence-corrected chi connectivity index (χ1v) is 15.8. The number of aryl methyl sites for hydroxylation is 2. The van der Waals surface area contributed by atoms with Crippen LogP contribution in [0.2, 0.25) is 5.02 Å². The van der Waals surface area contributed by atoms with Crippen LogP contribution in [0.5, 0.6) is 0 Å². The van der Waals surface area contributed by atoms with Gasteiger partial charge in [-0.15, -0.1) is 0 Å². The molecule has 3 aliphatic rings. The van der Waals surface area contributed by atoms with Crippen LogP contribution in [0.4, 0.5) is 4.79 Å². The fraction of sp³-hybridized carbons (Fsp3) is 0.529. The zero-order chi connectivity index (χ0) is 31.1. The van der Waals surface area contributed by atoms with Gasteiger partial charge in [0, 0.05) is 49.8 Å². The highest BCUT2D eigenvalue weighted by atomic mass is 35.5. The number of benzene rings is 1. The Morgan fingerprint density at radius 2 is 1.91 bits per heavy atom. The summed E-state index contributed by atoms with van der Waals surface area (Å²) in [6.45, 7) is 7.68. The van der Waals surface area contributed by atoms with Crippen molar-refractivity contribution in [1.29, 1.82) is 0 Å². The number of imidazole rings is 1. The van der Waals surface area contributed by atoms with Gasteiger partial charge in [0.2, 0.25) is 5.91 Å². The van der Waals surface area contributed by atoms with E-state index in [1.54, 1.807) is 22.3 Å². The summed E-state index contributed by atoms with van der Waals surface area (Å²) < 4.78 is 7.63. The first kappa shape index (κ1) is 32.9. The number of aromatic nitrogens is 3. The zero-order valence-electron chi connectivity index (χ0n) is 25.7. The standard InChI is InChI=1S/C33H41ClN6O4.CH4/c1-32(2,3)44-31(42)40-17-16-38(29-26-10-9-25(34)18-24(26)8-7-23-6-4-12-36-28(23)29)19-27(40)30(41)39-14-5-11-33(43,21-39)20-37-15-13-35-22-37;/h4,6,9-10,12-13,15,18,22,27,29,43H,5,7-8,11,14,16-17,19-21H2,1-3H3;1H4/t27-,29-,33?;/m1./s1. The Hall–Kier alpha value is -3.47. The second-order valence-electron chi connectivity index (χ2n) is 13.3. The van der Waals surface area contributed by atoms with Gasteiger partial charge in [-0.1, -0.05) is 31.2 Å². The van der Waals surface area contributed by atoms with E-state index in [2.05, 4.69) is 22.0 Å². The maximum Gasteiger partial charge on any atom is 0.411 e. The third kappa shape index (κ3) is 7.18. The van der Waals surface area contributed by atoms with Crippen molar-refractivity contribution >= 4 is 23.6 Å². The summed E-state index contributed by atoms with van der Waals surface area (Å²) in [6, 6.07) is 9.12. The van der Waals surface area contributed by atoms with Gasteiger partial charge < -0.3 is 19.3 Å². The van der Waals surface area contributed by atoms with E-state index in [1.807, 2.05) is 55.9 Å². The summed E-state index contributed by atoms with van der Waals surface area (Å²) in [5.41, 5.74) is 2.62. The van der Waals surface area contributed by atoms with Crippen molar-refractivity contribution in [2.75, 3.05) is 32.7 Å². The second kappa shape index (κ2) is 13.1. The van der Waals surface area contributed by atoms with Gasteiger partial charge in [0.05, 0.1) is 31.2 Å². The lowest BCUT2D eigenvalue weighted by molar-refractivity contribution is -0.147. The number of hydrogen-bond donors (Lipinski definition) is 1. The summed E-state index contributed by atoms with van der Waals surface area (Å²) in [4.78, 5) is 42.5. The van der Waals surface area contributed by atoms with Crippen LogP contribution in [0, 0.1) is 0 Å². The predicted octanol–water partition coefficient (Wildman–Crippen LogP) is 4.73. The molecule has 45 heavy (non-hydrogen) atoms. The van der Waals surface area contributed by atoms with Gasteiger partial charge in [-0.05, 0) is 81.3 Å². The fourth-order valence-electron chi connectivity index (χ4n) is 6.90. The van der Waals surface area contributed by atoms with Crippen LogP contribution in [-0.2, 0) is 28.9 Å². The van der Waals surface area contributed by atoms with Crippen molar-refractivity contribution in [3.63, 3.8) is 0 Å². The summed E-state index contributed by atoms with van der Waals surface area (Å²) in [6.07, 6.45) is 9.40. The zero-order valence-corrected chi connectivity index (χ0v) is 26.4. The van der Waals surface area contributed by atoms with Gasteiger partial charge in [0.15, 0.2) is 0 Å². The molecule has 1 N–H and O–H groups in total. The average Bonchev–Trinajstić information content (AvgIpc) is 3.42. The molecule has 4 heterocycles. The summed E-state index contributed by atoms with van der Waals surface area (Å²) in [5.74, 6) is -0.185. The molecule has 242 valence electrons. The Bertz CT molecular complexity index is 1510. The Morgan fingerprint density at radius 1 is 1.11 bits per heavy atom. The first-order valence-electron chi connectivity index (χ1n) is 15.4. The van der Waals surface area contributed by atoms with E-state index in [0.29, 0.717) is 50.6 Å². The third-order valence-electron chi connectivity index (χ3n) is 8.84. The first-order chi connectivity index (χ1) is 21.0. The molecule has 2 fully saturated rings. The number of β-amino-alcohol motifs (C(OH)–C–C–N with tert-alkyl or cyclic N) is 1. The molecule has 0 bridgehead atoms. The molecule has 10 nitrogen and oxygen atoms in total. The highest BCUT2D eigenvalue weighted by Gasteiger charge is 2.45. The number of hydrogen-bond acceptors (Lipinski definition) is 7. The minimum Gasteiger partial charge on any atom is -0.444 e. The number of rotatable bonds is 4. The molecule has 2 saturated heterocycles. The van der Waals surface area contributed by atoms with Gasteiger partial charge in [0.25, 0.3) is 0 Å². The normalized spacial score (nSPS) is 23.8. The van der Waals surface area contributed by atoms with Crippen molar-refractivity contribution in [3.05, 3.63) is 82.7 Å². The van der Waals surface area contributed by atoms with Crippen molar-refractivity contribution in [1.82, 2.24) is 29.2 Å². The number of pyridine rings is 1. The van der Waals surface area contributed by atoms with E-state index in [9.17, 15) is 14.7 Å². The summed E-state index contributed by atoms with van der Waals surface area (Å²) >= 11 is 6.44. The molecule has 2 aromatic heterocycles. The molecular weight excluding hydrogens is 592 g/mol. The van der Waals surface area contributed by atoms with Gasteiger partial charge in [-0.25, -0.2) is 9.78 Å². The number of fused-ring (bicyclic) bond motifs is 2.